The summed E-state index contributed by atoms with van der Waals surface area (Å²) >= 11 is 0. The molecule has 1 nitrogen and oxygen atoms in total. The van der Waals surface area contributed by atoms with Gasteiger partial charge < -0.3 is 4.74 Å². The van der Waals surface area contributed by atoms with Gasteiger partial charge in [-0.1, -0.05) is 55.8 Å². The van der Waals surface area contributed by atoms with Crippen LogP contribution in [-0.2, 0) is 0 Å². The molecule has 0 heterocycles. The van der Waals surface area contributed by atoms with Gasteiger partial charge in [0.1, 0.15) is 0 Å². The van der Waals surface area contributed by atoms with Crippen LogP contribution in [0.2, 0.25) is 0 Å². The molecule has 0 aliphatic carbocycles. The number of ether oxygens (including phenoxy) is 1. The van der Waals surface area contributed by atoms with Gasteiger partial charge in [-0.2, -0.15) is 4.39 Å². The van der Waals surface area contributed by atoms with Gasteiger partial charge in [0.25, 0.3) is 0 Å². The Morgan fingerprint density at radius 3 is 2.39 bits per heavy atom. The molecule has 0 N–H and O–H groups in total. The second-order valence-corrected chi connectivity index (χ2v) is 5.14. The number of unbranched alkanes of at least 4 members (excludes halogenated alkanes) is 1. The number of allylic oxidation sites excluding steroid dienone is 2. The van der Waals surface area contributed by atoms with E-state index in [0.717, 1.165) is 18.4 Å². The van der Waals surface area contributed by atoms with Crippen LogP contribution in [0.5, 0.6) is 5.75 Å². The summed E-state index contributed by atoms with van der Waals surface area (Å²) in [7, 11) is 0. The topological polar surface area (TPSA) is 9.23 Å². The van der Waals surface area contributed by atoms with Crippen molar-refractivity contribution >= 4 is 6.08 Å². The first-order valence-corrected chi connectivity index (χ1v) is 7.70. The number of hydrogen-bond donors (Lipinski definition) is 0. The van der Waals surface area contributed by atoms with Gasteiger partial charge in [0.2, 0.25) is 5.82 Å². The maximum atomic E-state index is 14.2. The molecule has 0 radical (unpaired) electrons. The Morgan fingerprint density at radius 2 is 1.74 bits per heavy atom. The molecule has 0 aliphatic rings. The number of benzene rings is 2. The third-order valence-electron chi connectivity index (χ3n) is 3.37. The minimum absolute atomic E-state index is 0.122. The summed E-state index contributed by atoms with van der Waals surface area (Å²) < 4.78 is 33.3. The fourth-order valence-electron chi connectivity index (χ4n) is 2.15. The number of rotatable bonds is 6. The van der Waals surface area contributed by atoms with Crippen molar-refractivity contribution in [2.24, 2.45) is 0 Å². The second kappa shape index (κ2) is 8.28. The fraction of sp³-hybridized carbons (Fsp3) is 0.200. The maximum Gasteiger partial charge on any atom is 0.201 e. The van der Waals surface area contributed by atoms with Crippen molar-refractivity contribution in [1.82, 2.24) is 0 Å². The van der Waals surface area contributed by atoms with E-state index in [-0.39, 0.29) is 11.3 Å². The Hall–Kier alpha value is -2.42. The lowest BCUT2D eigenvalue weighted by Gasteiger charge is -2.08. The van der Waals surface area contributed by atoms with Gasteiger partial charge in [-0.3, -0.25) is 0 Å². The van der Waals surface area contributed by atoms with Gasteiger partial charge >= 0.3 is 0 Å². The SMILES string of the molecule is C/C=C/Oc1ccc(-c2ccc(/C=C/CCC)cc2)c(F)c1F. The second-order valence-electron chi connectivity index (χ2n) is 5.14. The average Bonchev–Trinajstić information content (AvgIpc) is 2.57. The average molecular weight is 314 g/mol. The summed E-state index contributed by atoms with van der Waals surface area (Å²) in [5.74, 6) is -2.00. The standard InChI is InChI=1S/C20H20F2O/c1-3-5-6-7-15-8-10-16(11-9-15)17-12-13-18(23-14-4-2)20(22)19(17)21/h4,6-14H,3,5H2,1-2H3/b7-6+,14-4+. The molecule has 2 aromatic rings. The smallest absolute Gasteiger partial charge is 0.201 e. The van der Waals surface area contributed by atoms with Crippen LogP contribution in [0, 0.1) is 11.6 Å². The molecular formula is C20H20F2O. The third-order valence-corrected chi connectivity index (χ3v) is 3.37. The van der Waals surface area contributed by atoms with Crippen LogP contribution in [-0.4, -0.2) is 0 Å². The maximum absolute atomic E-state index is 14.2. The highest BCUT2D eigenvalue weighted by molar-refractivity contribution is 5.67. The molecule has 23 heavy (non-hydrogen) atoms. The van der Waals surface area contributed by atoms with Crippen molar-refractivity contribution in [2.45, 2.75) is 26.7 Å². The molecule has 0 fully saturated rings. The summed E-state index contributed by atoms with van der Waals surface area (Å²) in [6.07, 6.45) is 9.17. The van der Waals surface area contributed by atoms with Crippen LogP contribution < -0.4 is 4.74 Å². The van der Waals surface area contributed by atoms with Crippen molar-refractivity contribution in [3.8, 4) is 16.9 Å². The first-order valence-electron chi connectivity index (χ1n) is 7.70. The molecule has 0 unspecified atom stereocenters. The zero-order valence-corrected chi connectivity index (χ0v) is 13.4. The van der Waals surface area contributed by atoms with Crippen molar-refractivity contribution in [1.29, 1.82) is 0 Å². The quantitative estimate of drug-likeness (QED) is 0.564. The van der Waals surface area contributed by atoms with E-state index in [9.17, 15) is 8.78 Å². The van der Waals surface area contributed by atoms with Crippen LogP contribution >= 0.6 is 0 Å². The van der Waals surface area contributed by atoms with Crippen LogP contribution in [0.25, 0.3) is 17.2 Å². The van der Waals surface area contributed by atoms with E-state index in [4.69, 9.17) is 4.74 Å². The highest BCUT2D eigenvalue weighted by Gasteiger charge is 2.15. The fourth-order valence-corrected chi connectivity index (χ4v) is 2.15. The largest absolute Gasteiger partial charge is 0.462 e. The van der Waals surface area contributed by atoms with E-state index in [2.05, 4.69) is 13.0 Å². The number of hydrogen-bond acceptors (Lipinski definition) is 1. The molecule has 0 amide bonds. The molecular weight excluding hydrogens is 294 g/mol. The van der Waals surface area contributed by atoms with E-state index in [1.54, 1.807) is 25.1 Å². The summed E-state index contributed by atoms with van der Waals surface area (Å²) in [6, 6.07) is 10.3. The van der Waals surface area contributed by atoms with Crippen molar-refractivity contribution in [3.05, 3.63) is 72.0 Å². The van der Waals surface area contributed by atoms with Crippen LogP contribution in [0.4, 0.5) is 8.78 Å². The summed E-state index contributed by atoms with van der Waals surface area (Å²) in [5, 5.41) is 0. The minimum atomic E-state index is -0.979. The van der Waals surface area contributed by atoms with Gasteiger partial charge in [-0.05, 0) is 36.6 Å². The van der Waals surface area contributed by atoms with Crippen LogP contribution in [0.1, 0.15) is 32.3 Å². The highest BCUT2D eigenvalue weighted by Crippen LogP contribution is 2.30. The van der Waals surface area contributed by atoms with E-state index < -0.39 is 11.6 Å². The van der Waals surface area contributed by atoms with Gasteiger partial charge in [0.05, 0.1) is 6.26 Å². The van der Waals surface area contributed by atoms with Crippen LogP contribution in [0.3, 0.4) is 0 Å². The number of halogens is 2. The van der Waals surface area contributed by atoms with Crippen molar-refractivity contribution < 1.29 is 13.5 Å². The van der Waals surface area contributed by atoms with Crippen molar-refractivity contribution in [2.75, 3.05) is 0 Å². The Morgan fingerprint density at radius 1 is 1.00 bits per heavy atom. The van der Waals surface area contributed by atoms with E-state index in [1.165, 1.54) is 18.4 Å². The Balaban J connectivity index is 2.26. The van der Waals surface area contributed by atoms with E-state index in [1.807, 2.05) is 18.2 Å². The predicted octanol–water partition coefficient (Wildman–Crippen LogP) is 6.36. The third kappa shape index (κ3) is 4.28. The summed E-state index contributed by atoms with van der Waals surface area (Å²) in [6.45, 7) is 3.85. The predicted molar refractivity (Wildman–Crippen MR) is 91.2 cm³/mol. The van der Waals surface area contributed by atoms with Crippen LogP contribution in [0.15, 0.2) is 54.8 Å². The monoisotopic (exact) mass is 314 g/mol. The summed E-state index contributed by atoms with van der Waals surface area (Å²) in [5.41, 5.74) is 1.89. The highest BCUT2D eigenvalue weighted by atomic mass is 19.2. The van der Waals surface area contributed by atoms with Gasteiger partial charge in [-0.25, -0.2) is 4.39 Å². The lowest BCUT2D eigenvalue weighted by atomic mass is 10.0. The molecule has 0 saturated heterocycles. The molecule has 0 bridgehead atoms. The molecule has 0 aromatic heterocycles. The van der Waals surface area contributed by atoms with E-state index in [0.29, 0.717) is 5.56 Å². The molecule has 0 saturated carbocycles. The Kier molecular flexibility index (Phi) is 6.10. The molecule has 2 aromatic carbocycles. The molecule has 0 spiro atoms. The Bertz CT molecular complexity index is 700. The van der Waals surface area contributed by atoms with E-state index >= 15 is 0 Å². The van der Waals surface area contributed by atoms with Crippen molar-refractivity contribution in [3.63, 3.8) is 0 Å². The Labute approximate surface area is 135 Å². The van der Waals surface area contributed by atoms with Gasteiger partial charge in [0, 0.05) is 5.56 Å². The zero-order chi connectivity index (χ0) is 16.7. The molecule has 0 atom stereocenters. The molecule has 120 valence electrons. The molecule has 0 aliphatic heterocycles. The lowest BCUT2D eigenvalue weighted by molar-refractivity contribution is 0.415. The molecule has 3 heteroatoms. The first-order chi connectivity index (χ1) is 11.2. The molecule has 2 rings (SSSR count). The summed E-state index contributed by atoms with van der Waals surface area (Å²) in [4.78, 5) is 0. The van der Waals surface area contributed by atoms with Gasteiger partial charge in [-0.15, -0.1) is 0 Å². The minimum Gasteiger partial charge on any atom is -0.462 e. The lowest BCUT2D eigenvalue weighted by Crippen LogP contribution is -1.94. The zero-order valence-electron chi connectivity index (χ0n) is 13.4. The first kappa shape index (κ1) is 16.9. The normalized spacial score (nSPS) is 11.5. The van der Waals surface area contributed by atoms with Gasteiger partial charge in [0.15, 0.2) is 11.6 Å².